The number of nitrogens with two attached hydrogens (primary N) is 1. The van der Waals surface area contributed by atoms with Crippen LogP contribution in [0.4, 0.5) is 0 Å². The molecule has 0 aliphatic heterocycles. The van der Waals surface area contributed by atoms with Crippen LogP contribution in [0.15, 0.2) is 41.1 Å². The summed E-state index contributed by atoms with van der Waals surface area (Å²) in [6.07, 6.45) is 4.44. The highest BCUT2D eigenvalue weighted by atomic mass is 35.5. The third kappa shape index (κ3) is 6.05. The second-order valence-corrected chi connectivity index (χ2v) is 8.65. The number of carbonyl (C=O) groups excluding carboxylic acids is 1. The van der Waals surface area contributed by atoms with E-state index in [1.165, 1.54) is 0 Å². The maximum Gasteiger partial charge on any atom is 0.163 e. The van der Waals surface area contributed by atoms with Gasteiger partial charge in [-0.3, -0.25) is 4.79 Å². The van der Waals surface area contributed by atoms with Crippen molar-refractivity contribution in [1.29, 1.82) is 0 Å². The Morgan fingerprint density at radius 2 is 1.82 bits per heavy atom. The van der Waals surface area contributed by atoms with E-state index >= 15 is 0 Å². The molecule has 1 heterocycles. The number of aromatic nitrogens is 1. The average Bonchev–Trinajstić information content (AvgIpc) is 3.31. The maximum absolute atomic E-state index is 12.7. The molecule has 0 amide bonds. The fraction of sp³-hybridized carbons (Fsp3) is 0.360. The smallest absolute Gasteiger partial charge is 0.163 e. The molecule has 0 fully saturated rings. The lowest BCUT2D eigenvalue weighted by atomic mass is 9.95. The summed E-state index contributed by atoms with van der Waals surface area (Å²) in [5.74, 6) is 2.76. The molecule has 3 rings (SSSR count). The summed E-state index contributed by atoms with van der Waals surface area (Å²) in [5, 5.41) is 4.24. The highest BCUT2D eigenvalue weighted by Gasteiger charge is 2.20. The summed E-state index contributed by atoms with van der Waals surface area (Å²) in [6, 6.07) is 9.05. The standard InChI is InChI=1S/C25H30N2O5S.ClH/c1-15-10-18(13-23(30-3)25(15)31-4)24-19(14-32-27-24)16-6-7-22(29-2)17(11-16)12-21(28)20(26)8-9-33-5;/h6-7,10-11,13-14,20H,8-9,12,26H2,1-5H3;1H. The number of methoxy groups -OCH3 is 3. The largest absolute Gasteiger partial charge is 0.496 e. The molecule has 0 spiro atoms. The number of benzene rings is 2. The van der Waals surface area contributed by atoms with E-state index in [1.54, 1.807) is 39.4 Å². The third-order valence-electron chi connectivity index (χ3n) is 5.51. The quantitative estimate of drug-likeness (QED) is 0.390. The molecule has 3 aromatic rings. The van der Waals surface area contributed by atoms with Gasteiger partial charge in [-0.05, 0) is 60.7 Å². The molecule has 0 saturated heterocycles. The van der Waals surface area contributed by atoms with Gasteiger partial charge in [-0.2, -0.15) is 11.8 Å². The number of hydrogen-bond donors (Lipinski definition) is 1. The van der Waals surface area contributed by atoms with Crippen molar-refractivity contribution in [2.75, 3.05) is 33.3 Å². The lowest BCUT2D eigenvalue weighted by molar-refractivity contribution is -0.119. The summed E-state index contributed by atoms with van der Waals surface area (Å²) in [7, 11) is 4.80. The summed E-state index contributed by atoms with van der Waals surface area (Å²) in [6.45, 7) is 1.95. The van der Waals surface area contributed by atoms with Crippen LogP contribution in [0.5, 0.6) is 17.2 Å². The van der Waals surface area contributed by atoms with Crippen LogP contribution in [0.1, 0.15) is 17.5 Å². The molecule has 1 atom stereocenters. The Kier molecular flexibility index (Phi) is 10.3. The van der Waals surface area contributed by atoms with Gasteiger partial charge in [0.05, 0.1) is 27.4 Å². The number of Topliss-reactive ketones (excluding diaryl/α,β-unsaturated/α-hetero) is 1. The first-order valence-corrected chi connectivity index (χ1v) is 11.9. The van der Waals surface area contributed by atoms with Gasteiger partial charge in [0.25, 0.3) is 0 Å². The Hall–Kier alpha value is -2.68. The van der Waals surface area contributed by atoms with Gasteiger partial charge in [-0.25, -0.2) is 0 Å². The molecule has 2 N–H and O–H groups in total. The van der Waals surface area contributed by atoms with E-state index in [0.717, 1.165) is 33.6 Å². The van der Waals surface area contributed by atoms with Crippen LogP contribution in [0.3, 0.4) is 0 Å². The monoisotopic (exact) mass is 506 g/mol. The summed E-state index contributed by atoms with van der Waals surface area (Å²) in [5.41, 5.74) is 10.9. The van der Waals surface area contributed by atoms with Gasteiger partial charge in [0, 0.05) is 23.1 Å². The van der Waals surface area contributed by atoms with Crippen LogP contribution in [-0.2, 0) is 11.2 Å². The first-order chi connectivity index (χ1) is 15.9. The Morgan fingerprint density at radius 3 is 2.47 bits per heavy atom. The highest BCUT2D eigenvalue weighted by molar-refractivity contribution is 7.98. The van der Waals surface area contributed by atoms with Crippen molar-refractivity contribution < 1.29 is 23.5 Å². The number of ether oxygens (including phenoxy) is 3. The molecule has 1 aromatic heterocycles. The van der Waals surface area contributed by atoms with Crippen molar-refractivity contribution in [3.05, 3.63) is 47.7 Å². The second-order valence-electron chi connectivity index (χ2n) is 7.66. The number of carbonyl (C=O) groups is 1. The molecule has 0 aliphatic rings. The Balaban J connectivity index is 0.00000408. The minimum atomic E-state index is -0.494. The summed E-state index contributed by atoms with van der Waals surface area (Å²) < 4.78 is 21.8. The zero-order chi connectivity index (χ0) is 24.0. The Bertz CT molecular complexity index is 1120. The van der Waals surface area contributed by atoms with E-state index in [4.69, 9.17) is 24.5 Å². The van der Waals surface area contributed by atoms with Crippen molar-refractivity contribution in [1.82, 2.24) is 5.16 Å². The number of aryl methyl sites for hydroxylation is 1. The van der Waals surface area contributed by atoms with E-state index < -0.39 is 6.04 Å². The van der Waals surface area contributed by atoms with E-state index in [9.17, 15) is 4.79 Å². The molecule has 0 bridgehead atoms. The predicted molar refractivity (Wildman–Crippen MR) is 139 cm³/mol. The first-order valence-electron chi connectivity index (χ1n) is 10.5. The van der Waals surface area contributed by atoms with Crippen molar-refractivity contribution in [3.8, 4) is 39.6 Å². The SMILES string of the molecule is COc1ccc(-c2conc2-c2cc(C)c(OC)c(OC)c2)cc1CC(=O)C(N)CCSC.Cl. The van der Waals surface area contributed by atoms with Gasteiger partial charge >= 0.3 is 0 Å². The minimum absolute atomic E-state index is 0. The first kappa shape index (κ1) is 27.6. The highest BCUT2D eigenvalue weighted by Crippen LogP contribution is 2.39. The fourth-order valence-electron chi connectivity index (χ4n) is 3.75. The lowest BCUT2D eigenvalue weighted by Gasteiger charge is -2.14. The van der Waals surface area contributed by atoms with Gasteiger partial charge in [0.2, 0.25) is 0 Å². The number of nitrogens with zero attached hydrogens (tertiary/aromatic N) is 1. The van der Waals surface area contributed by atoms with Crippen molar-refractivity contribution in [2.24, 2.45) is 5.73 Å². The number of thioether (sulfide) groups is 1. The topological polar surface area (TPSA) is 96.8 Å². The molecular weight excluding hydrogens is 476 g/mol. The maximum atomic E-state index is 12.7. The van der Waals surface area contributed by atoms with Gasteiger partial charge in [0.1, 0.15) is 17.7 Å². The van der Waals surface area contributed by atoms with Gasteiger partial charge in [-0.15, -0.1) is 12.4 Å². The Morgan fingerprint density at radius 1 is 1.09 bits per heavy atom. The van der Waals surface area contributed by atoms with E-state index in [1.807, 2.05) is 43.5 Å². The number of hydrogen-bond acceptors (Lipinski definition) is 8. The van der Waals surface area contributed by atoms with Crippen LogP contribution in [0.25, 0.3) is 22.4 Å². The molecule has 0 saturated carbocycles. The third-order valence-corrected chi connectivity index (χ3v) is 6.15. The van der Waals surface area contributed by atoms with Crippen LogP contribution >= 0.6 is 24.2 Å². The Labute approximate surface area is 210 Å². The fourth-order valence-corrected chi connectivity index (χ4v) is 4.24. The van der Waals surface area contributed by atoms with E-state index in [0.29, 0.717) is 29.4 Å². The summed E-state index contributed by atoms with van der Waals surface area (Å²) in [4.78, 5) is 12.7. The molecule has 0 radical (unpaired) electrons. The predicted octanol–water partition coefficient (Wildman–Crippen LogP) is 4.96. The van der Waals surface area contributed by atoms with Gasteiger partial charge in [0.15, 0.2) is 17.3 Å². The molecule has 34 heavy (non-hydrogen) atoms. The van der Waals surface area contributed by atoms with E-state index in [2.05, 4.69) is 5.16 Å². The summed E-state index contributed by atoms with van der Waals surface area (Å²) >= 11 is 1.68. The minimum Gasteiger partial charge on any atom is -0.496 e. The number of ketones is 1. The normalized spacial score (nSPS) is 11.5. The van der Waals surface area contributed by atoms with Crippen LogP contribution in [0.2, 0.25) is 0 Å². The molecule has 184 valence electrons. The average molecular weight is 507 g/mol. The number of rotatable bonds is 11. The molecular formula is C25H31ClN2O5S. The van der Waals surface area contributed by atoms with Crippen LogP contribution < -0.4 is 19.9 Å². The van der Waals surface area contributed by atoms with Crippen molar-refractivity contribution in [2.45, 2.75) is 25.8 Å². The molecule has 0 aliphatic carbocycles. The zero-order valence-corrected chi connectivity index (χ0v) is 21.7. The molecule has 7 nitrogen and oxygen atoms in total. The second kappa shape index (κ2) is 12.7. The van der Waals surface area contributed by atoms with Crippen molar-refractivity contribution in [3.63, 3.8) is 0 Å². The molecule has 9 heteroatoms. The van der Waals surface area contributed by atoms with Crippen molar-refractivity contribution >= 4 is 30.0 Å². The molecule has 2 aromatic carbocycles. The number of halogens is 1. The van der Waals surface area contributed by atoms with Crippen LogP contribution in [-0.4, -0.2) is 50.3 Å². The van der Waals surface area contributed by atoms with Crippen LogP contribution in [0, 0.1) is 6.92 Å². The van der Waals surface area contributed by atoms with Gasteiger partial charge < -0.3 is 24.5 Å². The van der Waals surface area contributed by atoms with Gasteiger partial charge in [-0.1, -0.05) is 11.2 Å². The molecule has 1 unspecified atom stereocenters. The lowest BCUT2D eigenvalue weighted by Crippen LogP contribution is -2.32. The van der Waals surface area contributed by atoms with E-state index in [-0.39, 0.29) is 24.6 Å². The zero-order valence-electron chi connectivity index (χ0n) is 20.0.